The van der Waals surface area contributed by atoms with Crippen LogP contribution in [0.2, 0.25) is 0 Å². The van der Waals surface area contributed by atoms with E-state index in [2.05, 4.69) is 24.5 Å². The van der Waals surface area contributed by atoms with Crippen LogP contribution in [0.3, 0.4) is 0 Å². The monoisotopic (exact) mass is 269 g/mol. The lowest BCUT2D eigenvalue weighted by molar-refractivity contribution is 0.171. The molecule has 0 aromatic heterocycles. The van der Waals surface area contributed by atoms with Crippen molar-refractivity contribution in [2.75, 3.05) is 32.8 Å². The highest BCUT2D eigenvalue weighted by Gasteiger charge is 2.25. The van der Waals surface area contributed by atoms with Gasteiger partial charge < -0.3 is 20.3 Å². The molecule has 0 aliphatic carbocycles. The molecule has 2 heterocycles. The number of carbonyl (C=O) groups is 1. The van der Waals surface area contributed by atoms with Crippen molar-refractivity contribution in [1.82, 2.24) is 15.5 Å². The van der Waals surface area contributed by atoms with Gasteiger partial charge in [0.2, 0.25) is 0 Å². The van der Waals surface area contributed by atoms with Gasteiger partial charge in [0.15, 0.2) is 0 Å². The summed E-state index contributed by atoms with van der Waals surface area (Å²) in [5, 5.41) is 6.55. The molecule has 2 atom stereocenters. The molecule has 2 fully saturated rings. The van der Waals surface area contributed by atoms with Crippen molar-refractivity contribution >= 4 is 6.03 Å². The Bertz CT molecular complexity index is 284. The third kappa shape index (κ3) is 4.66. The predicted molar refractivity (Wildman–Crippen MR) is 75.2 cm³/mol. The van der Waals surface area contributed by atoms with Crippen molar-refractivity contribution < 1.29 is 9.53 Å². The molecule has 19 heavy (non-hydrogen) atoms. The van der Waals surface area contributed by atoms with E-state index in [0.29, 0.717) is 18.6 Å². The minimum atomic E-state index is 0.0675. The fraction of sp³-hybridized carbons (Fsp3) is 0.929. The standard InChI is InChI=1S/C14H27N3O2/c1-11(2)8-17(9-12-4-3-6-15-12)14(18)16-13-5-7-19-10-13/h11-13,15H,3-10H2,1-2H3,(H,16,18). The molecule has 2 aliphatic rings. The van der Waals surface area contributed by atoms with Gasteiger partial charge >= 0.3 is 6.03 Å². The highest BCUT2D eigenvalue weighted by molar-refractivity contribution is 5.74. The summed E-state index contributed by atoms with van der Waals surface area (Å²) in [6.45, 7) is 8.44. The Morgan fingerprint density at radius 1 is 1.47 bits per heavy atom. The average Bonchev–Trinajstić information content (AvgIpc) is 3.00. The van der Waals surface area contributed by atoms with Crippen molar-refractivity contribution in [2.45, 2.75) is 45.2 Å². The molecule has 5 nitrogen and oxygen atoms in total. The van der Waals surface area contributed by atoms with Crippen LogP contribution in [0.4, 0.5) is 4.79 Å². The molecule has 2 rings (SSSR count). The fourth-order valence-corrected chi connectivity index (χ4v) is 2.77. The van der Waals surface area contributed by atoms with Gasteiger partial charge in [0.1, 0.15) is 0 Å². The topological polar surface area (TPSA) is 53.6 Å². The summed E-state index contributed by atoms with van der Waals surface area (Å²) in [5.74, 6) is 0.493. The van der Waals surface area contributed by atoms with Gasteiger partial charge in [-0.1, -0.05) is 13.8 Å². The predicted octanol–water partition coefficient (Wildman–Crippen LogP) is 1.19. The number of nitrogens with zero attached hydrogens (tertiary/aromatic N) is 1. The first-order valence-corrected chi connectivity index (χ1v) is 7.51. The molecular weight excluding hydrogens is 242 g/mol. The SMILES string of the molecule is CC(C)CN(CC1CCCN1)C(=O)NC1CCOC1. The fourth-order valence-electron chi connectivity index (χ4n) is 2.77. The summed E-state index contributed by atoms with van der Waals surface area (Å²) in [7, 11) is 0. The lowest BCUT2D eigenvalue weighted by Gasteiger charge is -2.28. The Kier molecular flexibility index (Phi) is 5.45. The Balaban J connectivity index is 1.84. The molecule has 0 saturated carbocycles. The van der Waals surface area contributed by atoms with Crippen molar-refractivity contribution in [1.29, 1.82) is 0 Å². The van der Waals surface area contributed by atoms with Crippen LogP contribution in [0, 0.1) is 5.92 Å². The van der Waals surface area contributed by atoms with Crippen LogP contribution in [-0.2, 0) is 4.74 Å². The average molecular weight is 269 g/mol. The first-order valence-electron chi connectivity index (χ1n) is 7.51. The molecule has 2 unspecified atom stereocenters. The van der Waals surface area contributed by atoms with Gasteiger partial charge in [-0.15, -0.1) is 0 Å². The third-order valence-corrected chi connectivity index (χ3v) is 3.73. The highest BCUT2D eigenvalue weighted by atomic mass is 16.5. The molecule has 2 N–H and O–H groups in total. The molecule has 0 spiro atoms. The van der Waals surface area contributed by atoms with Crippen molar-refractivity contribution in [2.24, 2.45) is 5.92 Å². The van der Waals surface area contributed by atoms with E-state index >= 15 is 0 Å². The molecule has 0 radical (unpaired) electrons. The quantitative estimate of drug-likeness (QED) is 0.788. The smallest absolute Gasteiger partial charge is 0.317 e. The summed E-state index contributed by atoms with van der Waals surface area (Å²) in [6, 6.07) is 0.723. The van der Waals surface area contributed by atoms with E-state index in [1.165, 1.54) is 12.8 Å². The van der Waals surface area contributed by atoms with Gasteiger partial charge in [-0.2, -0.15) is 0 Å². The van der Waals surface area contributed by atoms with Gasteiger partial charge in [0, 0.05) is 25.7 Å². The number of hydrogen-bond acceptors (Lipinski definition) is 3. The van der Waals surface area contributed by atoms with Crippen LogP contribution in [-0.4, -0.2) is 55.9 Å². The van der Waals surface area contributed by atoms with Gasteiger partial charge in [0.05, 0.1) is 12.6 Å². The number of nitrogens with one attached hydrogen (secondary N) is 2. The minimum Gasteiger partial charge on any atom is -0.379 e. The molecule has 5 heteroatoms. The minimum absolute atomic E-state index is 0.0675. The van der Waals surface area contributed by atoms with Crippen LogP contribution in [0.25, 0.3) is 0 Å². The second-order valence-electron chi connectivity index (χ2n) is 6.10. The Morgan fingerprint density at radius 3 is 2.89 bits per heavy atom. The molecule has 0 aromatic carbocycles. The van der Waals surface area contributed by atoms with E-state index in [4.69, 9.17) is 4.74 Å². The summed E-state index contributed by atoms with van der Waals surface area (Å²) in [5.41, 5.74) is 0. The summed E-state index contributed by atoms with van der Waals surface area (Å²) >= 11 is 0. The molecule has 0 aromatic rings. The number of rotatable bonds is 5. The molecular formula is C14H27N3O2. The summed E-state index contributed by atoms with van der Waals surface area (Å²) in [4.78, 5) is 14.3. The third-order valence-electron chi connectivity index (χ3n) is 3.73. The first-order chi connectivity index (χ1) is 9.15. The number of amides is 2. The van der Waals surface area contributed by atoms with Crippen LogP contribution in [0.5, 0.6) is 0 Å². The Morgan fingerprint density at radius 2 is 2.32 bits per heavy atom. The van der Waals surface area contributed by atoms with Crippen LogP contribution >= 0.6 is 0 Å². The maximum absolute atomic E-state index is 12.4. The molecule has 110 valence electrons. The van der Waals surface area contributed by atoms with Crippen LogP contribution in [0.1, 0.15) is 33.1 Å². The van der Waals surface area contributed by atoms with E-state index in [1.807, 2.05) is 4.90 Å². The summed E-state index contributed by atoms with van der Waals surface area (Å²) in [6.07, 6.45) is 3.33. The molecule has 2 amide bonds. The largest absolute Gasteiger partial charge is 0.379 e. The van der Waals surface area contributed by atoms with Gasteiger partial charge in [0.25, 0.3) is 0 Å². The zero-order chi connectivity index (χ0) is 13.7. The molecule has 2 saturated heterocycles. The van der Waals surface area contributed by atoms with Gasteiger partial charge in [-0.25, -0.2) is 4.79 Å². The molecule has 0 bridgehead atoms. The number of carbonyl (C=O) groups excluding carboxylic acids is 1. The lowest BCUT2D eigenvalue weighted by Crippen LogP contribution is -2.50. The number of ether oxygens (including phenoxy) is 1. The van der Waals surface area contributed by atoms with E-state index in [-0.39, 0.29) is 12.1 Å². The normalized spacial score (nSPS) is 26.9. The first kappa shape index (κ1) is 14.6. The molecule has 2 aliphatic heterocycles. The zero-order valence-corrected chi connectivity index (χ0v) is 12.2. The zero-order valence-electron chi connectivity index (χ0n) is 12.2. The van der Waals surface area contributed by atoms with Crippen molar-refractivity contribution in [3.8, 4) is 0 Å². The van der Waals surface area contributed by atoms with Crippen molar-refractivity contribution in [3.05, 3.63) is 0 Å². The van der Waals surface area contributed by atoms with E-state index in [0.717, 1.165) is 32.7 Å². The summed E-state index contributed by atoms with van der Waals surface area (Å²) < 4.78 is 5.31. The van der Waals surface area contributed by atoms with Gasteiger partial charge in [-0.05, 0) is 31.7 Å². The number of hydrogen-bond donors (Lipinski definition) is 2. The van der Waals surface area contributed by atoms with Crippen LogP contribution in [0.15, 0.2) is 0 Å². The van der Waals surface area contributed by atoms with E-state index < -0.39 is 0 Å². The number of urea groups is 1. The lowest BCUT2D eigenvalue weighted by atomic mass is 10.1. The second kappa shape index (κ2) is 7.10. The maximum Gasteiger partial charge on any atom is 0.317 e. The Hall–Kier alpha value is -0.810. The van der Waals surface area contributed by atoms with E-state index in [9.17, 15) is 4.79 Å². The Labute approximate surface area is 116 Å². The van der Waals surface area contributed by atoms with Crippen molar-refractivity contribution in [3.63, 3.8) is 0 Å². The van der Waals surface area contributed by atoms with Crippen LogP contribution < -0.4 is 10.6 Å². The van der Waals surface area contributed by atoms with E-state index in [1.54, 1.807) is 0 Å². The van der Waals surface area contributed by atoms with Gasteiger partial charge in [-0.3, -0.25) is 0 Å². The highest BCUT2D eigenvalue weighted by Crippen LogP contribution is 2.10. The maximum atomic E-state index is 12.4. The second-order valence-corrected chi connectivity index (χ2v) is 6.10.